The van der Waals surface area contributed by atoms with E-state index in [1.807, 2.05) is 0 Å². The Bertz CT molecular complexity index is 147. The SMILES string of the molecule is COCCC(C)C1CCCCC(O)C1. The molecule has 0 bridgehead atoms. The standard InChI is InChI=1S/C12H24O2/c1-10(7-8-14-2)11-5-3-4-6-12(13)9-11/h10-13H,3-9H2,1-2H3. The van der Waals surface area contributed by atoms with Crippen molar-refractivity contribution in [1.82, 2.24) is 0 Å². The second-order valence-corrected chi connectivity index (χ2v) is 4.69. The molecule has 0 spiro atoms. The molecule has 0 aromatic carbocycles. The molecule has 1 saturated carbocycles. The molecular formula is C12H24O2. The van der Waals surface area contributed by atoms with Crippen molar-refractivity contribution in [2.45, 2.75) is 51.6 Å². The monoisotopic (exact) mass is 200 g/mol. The van der Waals surface area contributed by atoms with Crippen molar-refractivity contribution >= 4 is 0 Å². The molecule has 1 aliphatic rings. The Kier molecular flexibility index (Phi) is 5.49. The van der Waals surface area contributed by atoms with Gasteiger partial charge in [-0.05, 0) is 31.1 Å². The summed E-state index contributed by atoms with van der Waals surface area (Å²) in [4.78, 5) is 0. The maximum Gasteiger partial charge on any atom is 0.0543 e. The highest BCUT2D eigenvalue weighted by Crippen LogP contribution is 2.30. The molecule has 0 saturated heterocycles. The van der Waals surface area contributed by atoms with Crippen molar-refractivity contribution in [2.24, 2.45) is 11.8 Å². The quantitative estimate of drug-likeness (QED) is 0.707. The molecule has 0 radical (unpaired) electrons. The van der Waals surface area contributed by atoms with Crippen LogP contribution in [0.5, 0.6) is 0 Å². The first-order chi connectivity index (χ1) is 6.74. The Morgan fingerprint density at radius 3 is 2.79 bits per heavy atom. The van der Waals surface area contributed by atoms with Crippen molar-refractivity contribution in [1.29, 1.82) is 0 Å². The van der Waals surface area contributed by atoms with Gasteiger partial charge < -0.3 is 9.84 Å². The zero-order valence-electron chi connectivity index (χ0n) is 9.54. The van der Waals surface area contributed by atoms with Gasteiger partial charge in [0.15, 0.2) is 0 Å². The lowest BCUT2D eigenvalue weighted by Gasteiger charge is -2.23. The summed E-state index contributed by atoms with van der Waals surface area (Å²) in [6.07, 6.45) is 6.88. The molecule has 0 aliphatic heterocycles. The first-order valence-electron chi connectivity index (χ1n) is 5.91. The molecule has 3 atom stereocenters. The Morgan fingerprint density at radius 2 is 2.07 bits per heavy atom. The van der Waals surface area contributed by atoms with E-state index < -0.39 is 0 Å². The van der Waals surface area contributed by atoms with Crippen LogP contribution in [-0.2, 0) is 4.74 Å². The van der Waals surface area contributed by atoms with Gasteiger partial charge in [0.25, 0.3) is 0 Å². The molecule has 0 aromatic heterocycles. The predicted molar refractivity (Wildman–Crippen MR) is 58.2 cm³/mol. The molecule has 2 heteroatoms. The number of aliphatic hydroxyl groups is 1. The van der Waals surface area contributed by atoms with Crippen molar-refractivity contribution in [2.75, 3.05) is 13.7 Å². The van der Waals surface area contributed by atoms with E-state index in [0.29, 0.717) is 11.8 Å². The van der Waals surface area contributed by atoms with Gasteiger partial charge in [-0.3, -0.25) is 0 Å². The van der Waals surface area contributed by atoms with E-state index in [0.717, 1.165) is 25.9 Å². The van der Waals surface area contributed by atoms with Crippen LogP contribution in [-0.4, -0.2) is 24.9 Å². The minimum atomic E-state index is -0.0486. The molecule has 14 heavy (non-hydrogen) atoms. The molecule has 1 rings (SSSR count). The summed E-state index contributed by atoms with van der Waals surface area (Å²) in [6, 6.07) is 0. The van der Waals surface area contributed by atoms with Gasteiger partial charge >= 0.3 is 0 Å². The van der Waals surface area contributed by atoms with E-state index >= 15 is 0 Å². The molecule has 1 fully saturated rings. The normalized spacial score (nSPS) is 31.1. The van der Waals surface area contributed by atoms with E-state index in [9.17, 15) is 5.11 Å². The van der Waals surface area contributed by atoms with Crippen molar-refractivity contribution < 1.29 is 9.84 Å². The second kappa shape index (κ2) is 6.41. The third-order valence-electron chi connectivity index (χ3n) is 3.52. The van der Waals surface area contributed by atoms with Gasteiger partial charge in [-0.1, -0.05) is 26.2 Å². The van der Waals surface area contributed by atoms with Gasteiger partial charge in [0, 0.05) is 13.7 Å². The fourth-order valence-corrected chi connectivity index (χ4v) is 2.43. The molecule has 84 valence electrons. The second-order valence-electron chi connectivity index (χ2n) is 4.69. The lowest BCUT2D eigenvalue weighted by Crippen LogP contribution is -2.18. The first kappa shape index (κ1) is 12.0. The summed E-state index contributed by atoms with van der Waals surface area (Å²) in [6.45, 7) is 3.15. The molecule has 1 aliphatic carbocycles. The highest BCUT2D eigenvalue weighted by atomic mass is 16.5. The molecular weight excluding hydrogens is 176 g/mol. The molecule has 0 amide bonds. The van der Waals surface area contributed by atoms with Crippen LogP contribution in [0.3, 0.4) is 0 Å². The fourth-order valence-electron chi connectivity index (χ4n) is 2.43. The summed E-state index contributed by atoms with van der Waals surface area (Å²) in [5.74, 6) is 1.41. The van der Waals surface area contributed by atoms with Gasteiger partial charge in [-0.15, -0.1) is 0 Å². The summed E-state index contributed by atoms with van der Waals surface area (Å²) >= 11 is 0. The largest absolute Gasteiger partial charge is 0.393 e. The van der Waals surface area contributed by atoms with Crippen LogP contribution in [0.1, 0.15) is 45.4 Å². The van der Waals surface area contributed by atoms with Crippen molar-refractivity contribution in [3.05, 3.63) is 0 Å². The minimum Gasteiger partial charge on any atom is -0.393 e. The molecule has 1 N–H and O–H groups in total. The number of hydrogen-bond acceptors (Lipinski definition) is 2. The van der Waals surface area contributed by atoms with Gasteiger partial charge in [-0.2, -0.15) is 0 Å². The third kappa shape index (κ3) is 3.97. The number of methoxy groups -OCH3 is 1. The van der Waals surface area contributed by atoms with Crippen LogP contribution >= 0.6 is 0 Å². The van der Waals surface area contributed by atoms with Crippen LogP contribution in [0.25, 0.3) is 0 Å². The lowest BCUT2D eigenvalue weighted by molar-refractivity contribution is 0.114. The minimum absolute atomic E-state index is 0.0486. The average molecular weight is 200 g/mol. The first-order valence-corrected chi connectivity index (χ1v) is 5.91. The van der Waals surface area contributed by atoms with Crippen LogP contribution < -0.4 is 0 Å². The zero-order valence-corrected chi connectivity index (χ0v) is 9.54. The van der Waals surface area contributed by atoms with Crippen LogP contribution in [0, 0.1) is 11.8 Å². The zero-order chi connectivity index (χ0) is 10.4. The van der Waals surface area contributed by atoms with E-state index in [1.165, 1.54) is 19.3 Å². The molecule has 3 unspecified atom stereocenters. The smallest absolute Gasteiger partial charge is 0.0543 e. The van der Waals surface area contributed by atoms with E-state index in [2.05, 4.69) is 6.92 Å². The maximum absolute atomic E-state index is 9.70. The van der Waals surface area contributed by atoms with Gasteiger partial charge in [0.1, 0.15) is 0 Å². The van der Waals surface area contributed by atoms with Crippen LogP contribution in [0.15, 0.2) is 0 Å². The number of rotatable bonds is 4. The highest BCUT2D eigenvalue weighted by molar-refractivity contribution is 4.74. The van der Waals surface area contributed by atoms with Crippen LogP contribution in [0.4, 0.5) is 0 Å². The number of hydrogen-bond donors (Lipinski definition) is 1. The Hall–Kier alpha value is -0.0800. The van der Waals surface area contributed by atoms with Crippen LogP contribution in [0.2, 0.25) is 0 Å². The van der Waals surface area contributed by atoms with Gasteiger partial charge in [0.2, 0.25) is 0 Å². The third-order valence-corrected chi connectivity index (χ3v) is 3.52. The summed E-state index contributed by atoms with van der Waals surface area (Å²) in [7, 11) is 1.76. The molecule has 2 nitrogen and oxygen atoms in total. The van der Waals surface area contributed by atoms with Crippen molar-refractivity contribution in [3.8, 4) is 0 Å². The summed E-state index contributed by atoms with van der Waals surface area (Å²) < 4.78 is 5.10. The predicted octanol–water partition coefficient (Wildman–Crippen LogP) is 2.60. The summed E-state index contributed by atoms with van der Waals surface area (Å²) in [5.41, 5.74) is 0. The molecule has 0 aromatic rings. The van der Waals surface area contributed by atoms with Gasteiger partial charge in [-0.25, -0.2) is 0 Å². The highest BCUT2D eigenvalue weighted by Gasteiger charge is 2.22. The maximum atomic E-state index is 9.70. The van der Waals surface area contributed by atoms with Gasteiger partial charge in [0.05, 0.1) is 6.10 Å². The van der Waals surface area contributed by atoms with E-state index in [-0.39, 0.29) is 6.10 Å². The Labute approximate surface area is 87.7 Å². The average Bonchev–Trinajstić information content (AvgIpc) is 2.39. The van der Waals surface area contributed by atoms with E-state index in [4.69, 9.17) is 4.74 Å². The number of aliphatic hydroxyl groups excluding tert-OH is 1. The summed E-state index contributed by atoms with van der Waals surface area (Å²) in [5, 5.41) is 9.70. The lowest BCUT2D eigenvalue weighted by atomic mass is 9.85. The van der Waals surface area contributed by atoms with Crippen molar-refractivity contribution in [3.63, 3.8) is 0 Å². The Morgan fingerprint density at radius 1 is 1.36 bits per heavy atom. The fraction of sp³-hybridized carbons (Fsp3) is 1.00. The molecule has 0 heterocycles. The topological polar surface area (TPSA) is 29.5 Å². The van der Waals surface area contributed by atoms with E-state index in [1.54, 1.807) is 7.11 Å². The Balaban J connectivity index is 2.32. The number of ether oxygens (including phenoxy) is 1.